The fourth-order valence-electron chi connectivity index (χ4n) is 3.52. The molecule has 0 saturated carbocycles. The molecule has 1 aromatic carbocycles. The van der Waals surface area contributed by atoms with Crippen molar-refractivity contribution >= 4 is 15.0 Å². The largest absolute Gasteiger partial charge is 4.00 e. The van der Waals surface area contributed by atoms with E-state index in [1.807, 2.05) is 24.3 Å². The van der Waals surface area contributed by atoms with Crippen LogP contribution in [0.25, 0.3) is 16.0 Å². The van der Waals surface area contributed by atoms with Gasteiger partial charge >= 0.3 is 26.2 Å². The van der Waals surface area contributed by atoms with E-state index < -0.39 is 9.85 Å². The van der Waals surface area contributed by atoms with Crippen molar-refractivity contribution < 1.29 is 30.3 Å². The van der Waals surface area contributed by atoms with Crippen LogP contribution in [0.1, 0.15) is 125 Å². The summed E-state index contributed by atoms with van der Waals surface area (Å²) in [6, 6.07) is 7.38. The van der Waals surface area contributed by atoms with Crippen LogP contribution >= 0.6 is 0 Å². The standard InChI is InChI=1S/3C8H18N.C5H6FSi.Zr/c3*1-7(2,3)9-8(4,5)6;6-7-5-3-1-2-4-5;/h3*1-6H3;1-4H,7H2;/q4*-1;+4. The first-order chi connectivity index (χ1) is 14.6. The Kier molecular flexibility index (Phi) is 20.5. The van der Waals surface area contributed by atoms with Crippen molar-refractivity contribution in [2.75, 3.05) is 0 Å². The molecule has 0 fully saturated rings. The number of rotatable bonds is 1. The first-order valence-electron chi connectivity index (χ1n) is 12.5. The van der Waals surface area contributed by atoms with Crippen molar-refractivity contribution in [1.29, 1.82) is 0 Å². The summed E-state index contributed by atoms with van der Waals surface area (Å²) in [4.78, 5) is 0. The molecular formula is C29H60FN3SiZr. The fraction of sp³-hybridized carbons (Fsp3) is 0.828. The fourth-order valence-corrected chi connectivity index (χ4v) is 3.97. The third kappa shape index (κ3) is 48.0. The molecule has 0 aliphatic carbocycles. The van der Waals surface area contributed by atoms with E-state index in [0.29, 0.717) is 0 Å². The van der Waals surface area contributed by atoms with Gasteiger partial charge in [-0.25, -0.2) is 12.1 Å². The molecule has 35 heavy (non-hydrogen) atoms. The molecule has 0 atom stereocenters. The molecule has 6 heteroatoms. The normalized spacial score (nSPS) is 13.0. The van der Waals surface area contributed by atoms with E-state index >= 15 is 0 Å². The van der Waals surface area contributed by atoms with Gasteiger partial charge in [-0.1, -0.05) is 125 Å². The average Bonchev–Trinajstić information content (AvgIpc) is 2.89. The Morgan fingerprint density at radius 1 is 0.457 bits per heavy atom. The first-order valence-corrected chi connectivity index (χ1v) is 13.8. The minimum atomic E-state index is -1.37. The van der Waals surface area contributed by atoms with E-state index in [9.17, 15) is 4.11 Å². The molecule has 0 saturated heterocycles. The Hall–Kier alpha value is 0.260. The van der Waals surface area contributed by atoms with Crippen LogP contribution in [0, 0.1) is 0 Å². The molecule has 0 aliphatic heterocycles. The summed E-state index contributed by atoms with van der Waals surface area (Å²) in [5.74, 6) is 0. The summed E-state index contributed by atoms with van der Waals surface area (Å²) in [5, 5.41) is 14.5. The Labute approximate surface area is 242 Å². The molecule has 0 aromatic heterocycles. The third-order valence-electron chi connectivity index (χ3n) is 2.90. The molecule has 0 bridgehead atoms. The molecule has 3 nitrogen and oxygen atoms in total. The predicted molar refractivity (Wildman–Crippen MR) is 160 cm³/mol. The molecule has 0 heterocycles. The molecule has 0 N–H and O–H groups in total. The van der Waals surface area contributed by atoms with Gasteiger partial charge in [0.25, 0.3) is 0 Å². The van der Waals surface area contributed by atoms with Gasteiger partial charge in [0.2, 0.25) is 0 Å². The van der Waals surface area contributed by atoms with E-state index in [1.54, 1.807) is 0 Å². The molecule has 206 valence electrons. The van der Waals surface area contributed by atoms with Crippen molar-refractivity contribution in [3.63, 3.8) is 0 Å². The first kappa shape index (κ1) is 42.4. The van der Waals surface area contributed by atoms with Crippen LogP contribution in [0.4, 0.5) is 4.11 Å². The van der Waals surface area contributed by atoms with Crippen molar-refractivity contribution in [2.45, 2.75) is 158 Å². The van der Waals surface area contributed by atoms with Crippen LogP contribution < -0.4 is 5.19 Å². The van der Waals surface area contributed by atoms with Crippen LogP contribution in [0.15, 0.2) is 24.3 Å². The Bertz CT molecular complexity index is 505. The zero-order valence-electron chi connectivity index (χ0n) is 26.7. The summed E-state index contributed by atoms with van der Waals surface area (Å²) in [7, 11) is -1.37. The molecule has 0 amide bonds. The van der Waals surface area contributed by atoms with Crippen LogP contribution in [0.3, 0.4) is 0 Å². The molecule has 0 unspecified atom stereocenters. The summed E-state index contributed by atoms with van der Waals surface area (Å²) in [6.07, 6.45) is 0. The molecule has 0 radical (unpaired) electrons. The Morgan fingerprint density at radius 3 is 0.686 bits per heavy atom. The summed E-state index contributed by atoms with van der Waals surface area (Å²) >= 11 is 0. The minimum absolute atomic E-state index is 0. The van der Waals surface area contributed by atoms with Gasteiger partial charge in [0.1, 0.15) is 0 Å². The zero-order valence-corrected chi connectivity index (χ0v) is 30.6. The Morgan fingerprint density at radius 2 is 0.629 bits per heavy atom. The smallest absolute Gasteiger partial charge is 0.653 e. The van der Waals surface area contributed by atoms with Crippen LogP contribution in [-0.2, 0) is 26.2 Å². The van der Waals surface area contributed by atoms with E-state index in [0.717, 1.165) is 5.19 Å². The number of hydrogen-bond donors (Lipinski definition) is 0. The van der Waals surface area contributed by atoms with Crippen LogP contribution in [-0.4, -0.2) is 43.1 Å². The summed E-state index contributed by atoms with van der Waals surface area (Å²) < 4.78 is 11.7. The second-order valence-corrected chi connectivity index (χ2v) is 15.9. The maximum Gasteiger partial charge on any atom is 4.00 e. The van der Waals surface area contributed by atoms with Gasteiger partial charge in [-0.15, -0.1) is 38.4 Å². The maximum atomic E-state index is 11.7. The van der Waals surface area contributed by atoms with Crippen molar-refractivity contribution in [2.24, 2.45) is 0 Å². The number of hydrogen-bond acceptors (Lipinski definition) is 0. The second kappa shape index (κ2) is 17.0. The monoisotopic (exact) mass is 587 g/mol. The summed E-state index contributed by atoms with van der Waals surface area (Å²) in [5.41, 5.74) is 0.656. The Balaban J connectivity index is -0.000000182. The van der Waals surface area contributed by atoms with E-state index in [1.165, 1.54) is 0 Å². The molecule has 0 spiro atoms. The third-order valence-corrected chi connectivity index (χ3v) is 3.68. The molecule has 1 rings (SSSR count). The van der Waals surface area contributed by atoms with Gasteiger partial charge in [-0.05, 0) is 0 Å². The predicted octanol–water partition coefficient (Wildman–Crippen LogP) is 8.95. The quantitative estimate of drug-likeness (QED) is 0.178. The van der Waals surface area contributed by atoms with Crippen LogP contribution in [0.2, 0.25) is 0 Å². The topological polar surface area (TPSA) is 42.3 Å². The van der Waals surface area contributed by atoms with Gasteiger partial charge in [0, 0.05) is 0 Å². The number of nitrogens with zero attached hydrogens (tertiary/aromatic N) is 3. The van der Waals surface area contributed by atoms with Gasteiger partial charge in [0.05, 0.1) is 0 Å². The van der Waals surface area contributed by atoms with E-state index in [2.05, 4.69) is 141 Å². The van der Waals surface area contributed by atoms with Crippen molar-refractivity contribution in [3.05, 3.63) is 40.2 Å². The number of halogens is 1. The van der Waals surface area contributed by atoms with Gasteiger partial charge in [-0.2, -0.15) is 12.1 Å². The second-order valence-electron chi connectivity index (χ2n) is 14.8. The molecular weight excluding hydrogens is 529 g/mol. The summed E-state index contributed by atoms with van der Waals surface area (Å²) in [6.45, 7) is 38.2. The maximum absolute atomic E-state index is 11.7. The van der Waals surface area contributed by atoms with E-state index in [-0.39, 0.29) is 59.4 Å². The van der Waals surface area contributed by atoms with Gasteiger partial charge in [-0.3, -0.25) is 0 Å². The molecule has 1 aromatic rings. The van der Waals surface area contributed by atoms with Gasteiger partial charge in [0.15, 0.2) is 9.85 Å². The average molecular weight is 589 g/mol. The molecule has 0 aliphatic rings. The van der Waals surface area contributed by atoms with Crippen LogP contribution in [0.5, 0.6) is 0 Å². The van der Waals surface area contributed by atoms with Gasteiger partial charge < -0.3 is 20.1 Å². The van der Waals surface area contributed by atoms with Crippen molar-refractivity contribution in [3.8, 4) is 0 Å². The zero-order chi connectivity index (χ0) is 28.2. The SMILES string of the molecule is CC(C)(C)[N-]C(C)(C)C.CC(C)(C)[N-]C(C)(C)C.CC(C)(C)[N-]C(C)(C)C.F[SiH2][c-]1cccc1.[Zr+4]. The van der Waals surface area contributed by atoms with E-state index in [4.69, 9.17) is 0 Å². The minimum Gasteiger partial charge on any atom is -0.653 e. The van der Waals surface area contributed by atoms with Crippen molar-refractivity contribution in [1.82, 2.24) is 0 Å².